The van der Waals surface area contributed by atoms with E-state index in [0.29, 0.717) is 15.7 Å². The molecule has 5 nitrogen and oxygen atoms in total. The molecule has 3 aromatic carbocycles. The lowest BCUT2D eigenvalue weighted by atomic mass is 10.3. The normalized spacial score (nSPS) is 13.0. The van der Waals surface area contributed by atoms with Crippen LogP contribution in [0.1, 0.15) is 27.7 Å². The van der Waals surface area contributed by atoms with E-state index >= 15 is 0 Å². The molecule has 0 saturated carbocycles. The zero-order valence-electron chi connectivity index (χ0n) is 22.6. The molecule has 0 aliphatic heterocycles. The third-order valence-electron chi connectivity index (χ3n) is 5.33. The summed E-state index contributed by atoms with van der Waals surface area (Å²) in [4.78, 5) is 1.45. The van der Waals surface area contributed by atoms with Crippen molar-refractivity contribution in [1.82, 2.24) is 0 Å². The molecule has 0 bridgehead atoms. The van der Waals surface area contributed by atoms with Gasteiger partial charge in [0.15, 0.2) is 0 Å². The number of hydrogen-bond acceptors (Lipinski definition) is 7. The van der Waals surface area contributed by atoms with Crippen molar-refractivity contribution in [2.24, 2.45) is 0 Å². The van der Waals surface area contributed by atoms with E-state index in [1.165, 1.54) is 23.1 Å². The summed E-state index contributed by atoms with van der Waals surface area (Å²) in [5.74, 6) is 0.978. The molecule has 0 spiro atoms. The maximum Gasteiger partial charge on any atom is 0.524 e. The van der Waals surface area contributed by atoms with Crippen LogP contribution in [0.3, 0.4) is 0 Å². The highest BCUT2D eigenvalue weighted by Crippen LogP contribution is 2.72. The fraction of sp³-hybridized carbons (Fsp3) is 0.241. The molecular weight excluding hydrogens is 614 g/mol. The number of thiophene rings is 1. The average Bonchev–Trinajstić information content (AvgIpc) is 3.36. The summed E-state index contributed by atoms with van der Waals surface area (Å²) in [6.45, 7) is 7.39. The largest absolute Gasteiger partial charge is 0.524 e. The predicted octanol–water partition coefficient (Wildman–Crippen LogP) is 9.54. The van der Waals surface area contributed by atoms with Crippen molar-refractivity contribution < 1.29 is 34.7 Å². The van der Waals surface area contributed by atoms with Crippen LogP contribution < -0.4 is 9.47 Å². The molecule has 0 radical (unpaired) electrons. The predicted molar refractivity (Wildman–Crippen MR) is 158 cm³/mol. The zero-order valence-corrected chi connectivity index (χ0v) is 25.9. The van der Waals surface area contributed by atoms with Gasteiger partial charge in [0.25, 0.3) is 0 Å². The Balaban J connectivity index is 1.94. The van der Waals surface area contributed by atoms with Crippen molar-refractivity contribution in [1.29, 1.82) is 0 Å². The molecule has 41 heavy (non-hydrogen) atoms. The molecule has 0 aliphatic rings. The summed E-state index contributed by atoms with van der Waals surface area (Å²) in [6, 6.07) is 25.5. The Bertz CT molecular complexity index is 1480. The molecule has 12 heteroatoms. The van der Waals surface area contributed by atoms with E-state index in [4.69, 9.17) is 13.1 Å². The van der Waals surface area contributed by atoms with Crippen LogP contribution in [0.15, 0.2) is 114 Å². The Morgan fingerprint density at radius 1 is 0.707 bits per heavy atom. The van der Waals surface area contributed by atoms with Gasteiger partial charge >= 0.3 is 15.6 Å². The van der Waals surface area contributed by atoms with Crippen molar-refractivity contribution in [3.8, 4) is 11.5 Å². The van der Waals surface area contributed by atoms with Crippen LogP contribution in [0.25, 0.3) is 0 Å². The first-order valence-electron chi connectivity index (χ1n) is 12.5. The van der Waals surface area contributed by atoms with Gasteiger partial charge in [0.1, 0.15) is 11.5 Å². The second-order valence-corrected chi connectivity index (χ2v) is 16.4. The number of alkyl halides is 3. The second kappa shape index (κ2) is 12.7. The highest BCUT2D eigenvalue weighted by Gasteiger charge is 2.53. The van der Waals surface area contributed by atoms with Gasteiger partial charge in [0, 0.05) is 14.7 Å². The zero-order chi connectivity index (χ0) is 29.8. The van der Waals surface area contributed by atoms with Crippen molar-refractivity contribution in [3.05, 3.63) is 91.0 Å². The van der Waals surface area contributed by atoms with E-state index in [2.05, 4.69) is 0 Å². The van der Waals surface area contributed by atoms with Crippen LogP contribution in [-0.4, -0.2) is 26.1 Å². The van der Waals surface area contributed by atoms with Crippen molar-refractivity contribution in [2.45, 2.75) is 68.5 Å². The van der Waals surface area contributed by atoms with Gasteiger partial charge in [-0.3, -0.25) is 0 Å². The molecule has 0 aliphatic carbocycles. The molecule has 0 unspecified atom stereocenters. The molecule has 4 aromatic rings. The van der Waals surface area contributed by atoms with Gasteiger partial charge in [-0.05, 0) is 111 Å². The Labute approximate surface area is 248 Å². The number of ether oxygens (including phenoxy) is 2. The second-order valence-electron chi connectivity index (χ2n) is 9.29. The Kier molecular flexibility index (Phi) is 9.70. The minimum Gasteiger partial charge on any atom is -0.491 e. The number of hydrogen-bond donors (Lipinski definition) is 0. The number of halogens is 3. The molecule has 0 N–H and O–H groups in total. The fourth-order valence-electron chi connectivity index (χ4n) is 3.73. The molecule has 220 valence electrons. The van der Waals surface area contributed by atoms with E-state index in [0.717, 1.165) is 9.10 Å². The Morgan fingerprint density at radius 2 is 1.20 bits per heavy atom. The highest BCUT2D eigenvalue weighted by atomic mass is 32.3. The molecule has 1 aromatic heterocycles. The molecule has 1 heterocycles. The van der Waals surface area contributed by atoms with Crippen LogP contribution >= 0.6 is 33.4 Å². The minimum atomic E-state index is -6.03. The Hall–Kier alpha value is -2.64. The van der Waals surface area contributed by atoms with Gasteiger partial charge in [-0.1, -0.05) is 30.0 Å². The van der Waals surface area contributed by atoms with Gasteiger partial charge < -0.3 is 9.47 Å². The summed E-state index contributed by atoms with van der Waals surface area (Å²) >= 11 is 2.61. The smallest absolute Gasteiger partial charge is 0.491 e. The molecular formula is C29H29F3O5S4. The van der Waals surface area contributed by atoms with Crippen LogP contribution in [0.4, 0.5) is 13.2 Å². The van der Waals surface area contributed by atoms with Gasteiger partial charge in [0.05, 0.1) is 20.6 Å². The first-order chi connectivity index (χ1) is 19.3. The average molecular weight is 643 g/mol. The quantitative estimate of drug-likeness (QED) is 0.152. The minimum absolute atomic E-state index is 0.136. The SMILES string of the molecule is CC(C)Oc1ccc(S(OS(=O)(=O)C(F)(F)F)(c2ccc(OC(C)C)cc2)c2ccc(Sc3ccccc3)s2)cc1. The third kappa shape index (κ3) is 7.42. The van der Waals surface area contributed by atoms with Crippen molar-refractivity contribution in [2.75, 3.05) is 0 Å². The molecule has 0 amide bonds. The summed E-state index contributed by atoms with van der Waals surface area (Å²) in [6.07, 6.45) is -0.272. The maximum absolute atomic E-state index is 13.9. The van der Waals surface area contributed by atoms with E-state index < -0.39 is 25.9 Å². The third-order valence-corrected chi connectivity index (χ3v) is 13.0. The van der Waals surface area contributed by atoms with E-state index in [1.54, 1.807) is 60.7 Å². The summed E-state index contributed by atoms with van der Waals surface area (Å²) in [5.41, 5.74) is -5.63. The van der Waals surface area contributed by atoms with E-state index in [9.17, 15) is 21.6 Å². The van der Waals surface area contributed by atoms with Crippen molar-refractivity contribution in [3.63, 3.8) is 0 Å². The topological polar surface area (TPSA) is 61.8 Å². The van der Waals surface area contributed by atoms with Crippen LogP contribution in [0.2, 0.25) is 0 Å². The monoisotopic (exact) mass is 642 g/mol. The lowest BCUT2D eigenvalue weighted by Crippen LogP contribution is -2.27. The standard InChI is InChI=1S/C29H29F3O5S4/c1-20(2)35-22-10-14-25(15-11-22)40(37-41(33,34)29(30,31)32,26-16-12-23(13-17-26)36-21(3)4)28-19-18-27(39-28)38-24-8-6-5-7-9-24/h5-21H,1-4H3. The molecule has 0 fully saturated rings. The summed E-state index contributed by atoms with van der Waals surface area (Å²) < 4.78 is 85.0. The fourth-order valence-corrected chi connectivity index (χ4v) is 11.6. The van der Waals surface area contributed by atoms with Gasteiger partial charge in [-0.15, -0.1) is 11.3 Å². The van der Waals surface area contributed by atoms with E-state index in [1.807, 2.05) is 58.0 Å². The van der Waals surface area contributed by atoms with Gasteiger partial charge in [0.2, 0.25) is 0 Å². The summed E-state index contributed by atoms with van der Waals surface area (Å²) in [7, 11) is -9.48. The molecule has 0 saturated heterocycles. The van der Waals surface area contributed by atoms with E-state index in [-0.39, 0.29) is 22.0 Å². The van der Waals surface area contributed by atoms with Gasteiger partial charge in [-0.25, -0.2) is 0 Å². The summed E-state index contributed by atoms with van der Waals surface area (Å²) in [5, 5.41) is 0. The molecule has 0 atom stereocenters. The van der Waals surface area contributed by atoms with Crippen LogP contribution in [-0.2, 0) is 13.7 Å². The Morgan fingerprint density at radius 3 is 1.63 bits per heavy atom. The highest BCUT2D eigenvalue weighted by molar-refractivity contribution is 8.34. The van der Waals surface area contributed by atoms with Crippen LogP contribution in [0.5, 0.6) is 11.5 Å². The van der Waals surface area contributed by atoms with Crippen LogP contribution in [0, 0.1) is 0 Å². The molecule has 4 rings (SSSR count). The number of rotatable bonds is 11. The lowest BCUT2D eigenvalue weighted by Gasteiger charge is -2.38. The lowest BCUT2D eigenvalue weighted by molar-refractivity contribution is -0.0496. The maximum atomic E-state index is 13.9. The van der Waals surface area contributed by atoms with Gasteiger partial charge in [-0.2, -0.15) is 25.2 Å². The number of benzene rings is 3. The first-order valence-corrected chi connectivity index (χ1v) is 17.1. The first kappa shape index (κ1) is 31.3. The van der Waals surface area contributed by atoms with Crippen molar-refractivity contribution >= 4 is 43.5 Å².